The lowest BCUT2D eigenvalue weighted by atomic mass is 10.1. The maximum Gasteiger partial charge on any atom is 0.153 e. The van der Waals surface area contributed by atoms with Crippen molar-refractivity contribution in [2.75, 3.05) is 18.1 Å². The molecule has 0 radical (unpaired) electrons. The van der Waals surface area contributed by atoms with Gasteiger partial charge in [0.15, 0.2) is 9.84 Å². The van der Waals surface area contributed by atoms with Crippen molar-refractivity contribution in [2.24, 2.45) is 0 Å². The van der Waals surface area contributed by atoms with Crippen LogP contribution in [0, 0.1) is 0 Å². The Balaban J connectivity index is 1.87. The van der Waals surface area contributed by atoms with Crippen molar-refractivity contribution in [2.45, 2.75) is 32.4 Å². The molecule has 2 rings (SSSR count). The lowest BCUT2D eigenvalue weighted by Crippen LogP contribution is -2.46. The zero-order chi connectivity index (χ0) is 13.9. The second-order valence-electron chi connectivity index (χ2n) is 4.89. The molecular weight excluding hydrogens is 266 g/mol. The molecule has 0 amide bonds. The molecule has 6 nitrogen and oxygen atoms in total. The van der Waals surface area contributed by atoms with Crippen LogP contribution in [0.5, 0.6) is 0 Å². The van der Waals surface area contributed by atoms with Gasteiger partial charge in [-0.05, 0) is 12.5 Å². The van der Waals surface area contributed by atoms with Crippen molar-refractivity contribution < 1.29 is 13.2 Å². The van der Waals surface area contributed by atoms with Crippen LogP contribution < -0.4 is 5.32 Å². The van der Waals surface area contributed by atoms with Gasteiger partial charge in [0.05, 0.1) is 17.7 Å². The van der Waals surface area contributed by atoms with E-state index in [1.54, 1.807) is 10.9 Å². The normalized spacial score (nSPS) is 22.3. The first-order chi connectivity index (χ1) is 8.98. The summed E-state index contributed by atoms with van der Waals surface area (Å²) in [7, 11) is -2.98. The smallest absolute Gasteiger partial charge is 0.153 e. The Morgan fingerprint density at radius 1 is 1.58 bits per heavy atom. The number of sulfone groups is 1. The van der Waals surface area contributed by atoms with E-state index < -0.39 is 9.84 Å². The first kappa shape index (κ1) is 14.2. The van der Waals surface area contributed by atoms with E-state index in [-0.39, 0.29) is 29.8 Å². The molecule has 1 unspecified atom stereocenters. The van der Waals surface area contributed by atoms with E-state index in [1.165, 1.54) is 0 Å². The van der Waals surface area contributed by atoms with Crippen LogP contribution in [0.4, 0.5) is 0 Å². The number of carbonyl (C=O) groups excluding carboxylic acids is 1. The van der Waals surface area contributed by atoms with Crippen LogP contribution in [-0.2, 0) is 27.6 Å². The predicted molar refractivity (Wildman–Crippen MR) is 71.7 cm³/mol. The zero-order valence-corrected chi connectivity index (χ0v) is 11.8. The van der Waals surface area contributed by atoms with Gasteiger partial charge in [-0.15, -0.1) is 0 Å². The van der Waals surface area contributed by atoms with E-state index in [4.69, 9.17) is 0 Å². The molecule has 1 aromatic heterocycles. The van der Waals surface area contributed by atoms with Crippen molar-refractivity contribution in [1.29, 1.82) is 0 Å². The second-order valence-corrected chi connectivity index (χ2v) is 7.12. The Morgan fingerprint density at radius 3 is 3.00 bits per heavy atom. The molecule has 1 aliphatic rings. The lowest BCUT2D eigenvalue weighted by Gasteiger charge is -2.22. The Labute approximate surface area is 113 Å². The van der Waals surface area contributed by atoms with Gasteiger partial charge in [-0.1, -0.05) is 0 Å². The minimum atomic E-state index is -2.98. The maximum absolute atomic E-state index is 11.9. The van der Waals surface area contributed by atoms with E-state index in [0.717, 1.165) is 12.1 Å². The summed E-state index contributed by atoms with van der Waals surface area (Å²) < 4.78 is 24.7. The molecule has 1 saturated heterocycles. The van der Waals surface area contributed by atoms with E-state index in [2.05, 4.69) is 10.4 Å². The topological polar surface area (TPSA) is 81.1 Å². The molecule has 0 aromatic carbocycles. The number of rotatable bonds is 5. The summed E-state index contributed by atoms with van der Waals surface area (Å²) in [6.07, 6.45) is 4.12. The van der Waals surface area contributed by atoms with E-state index in [1.807, 2.05) is 13.1 Å². The highest BCUT2D eigenvalue weighted by atomic mass is 32.2. The summed E-state index contributed by atoms with van der Waals surface area (Å²) in [5.41, 5.74) is 0.880. The minimum absolute atomic E-state index is 0.0465. The molecule has 0 spiro atoms. The number of ketones is 1. The van der Waals surface area contributed by atoms with Crippen LogP contribution in [-0.4, -0.2) is 48.1 Å². The molecule has 2 heterocycles. The fourth-order valence-electron chi connectivity index (χ4n) is 2.24. The Morgan fingerprint density at radius 2 is 2.37 bits per heavy atom. The lowest BCUT2D eigenvalue weighted by molar-refractivity contribution is -0.118. The van der Waals surface area contributed by atoms with E-state index >= 15 is 0 Å². The molecule has 0 saturated carbocycles. The average Bonchev–Trinajstić information content (AvgIpc) is 2.75. The number of nitrogens with zero attached hydrogens (tertiary/aromatic N) is 2. The first-order valence-electron chi connectivity index (χ1n) is 6.45. The highest BCUT2D eigenvalue weighted by Crippen LogP contribution is 2.08. The number of hydrogen-bond acceptors (Lipinski definition) is 5. The number of aryl methyl sites for hydroxylation is 1. The largest absolute Gasteiger partial charge is 0.312 e. The van der Waals surface area contributed by atoms with Crippen molar-refractivity contribution in [3.8, 4) is 0 Å². The molecule has 7 heteroatoms. The summed E-state index contributed by atoms with van der Waals surface area (Å²) in [5.74, 6) is 0.277. The number of carbonyl (C=O) groups is 1. The van der Waals surface area contributed by atoms with Gasteiger partial charge < -0.3 is 5.32 Å². The van der Waals surface area contributed by atoms with Crippen LogP contribution >= 0.6 is 0 Å². The molecule has 1 aliphatic heterocycles. The molecular formula is C12H19N3O3S. The zero-order valence-electron chi connectivity index (χ0n) is 11.0. The fraction of sp³-hybridized carbons (Fsp3) is 0.667. The average molecular weight is 285 g/mol. The van der Waals surface area contributed by atoms with Gasteiger partial charge in [0, 0.05) is 38.2 Å². The van der Waals surface area contributed by atoms with E-state index in [9.17, 15) is 13.2 Å². The predicted octanol–water partition coefficient (Wildman–Crippen LogP) is -0.209. The summed E-state index contributed by atoms with van der Waals surface area (Å²) in [4.78, 5) is 11.9. The standard InChI is InChI=1S/C12H19N3O3S/c1-2-15-8-10(7-14-15)5-12(16)6-11-9-19(17,18)4-3-13-11/h7-8,11,13H,2-6,9H2,1H3. The second kappa shape index (κ2) is 5.83. The highest BCUT2D eigenvalue weighted by molar-refractivity contribution is 7.91. The highest BCUT2D eigenvalue weighted by Gasteiger charge is 2.25. The number of hydrogen-bond donors (Lipinski definition) is 1. The summed E-state index contributed by atoms with van der Waals surface area (Å²) >= 11 is 0. The first-order valence-corrected chi connectivity index (χ1v) is 8.27. The molecule has 1 aromatic rings. The third kappa shape index (κ3) is 4.14. The van der Waals surface area contributed by atoms with Crippen LogP contribution in [0.25, 0.3) is 0 Å². The molecule has 19 heavy (non-hydrogen) atoms. The van der Waals surface area contributed by atoms with Gasteiger partial charge >= 0.3 is 0 Å². The molecule has 1 fully saturated rings. The van der Waals surface area contributed by atoms with Crippen LogP contribution in [0.1, 0.15) is 18.9 Å². The summed E-state index contributed by atoms with van der Waals surface area (Å²) in [6, 6.07) is -0.243. The van der Waals surface area contributed by atoms with Gasteiger partial charge in [0.1, 0.15) is 5.78 Å². The Bertz CT molecular complexity index is 550. The van der Waals surface area contributed by atoms with Crippen molar-refractivity contribution >= 4 is 15.6 Å². The molecule has 0 aliphatic carbocycles. The third-order valence-corrected chi connectivity index (χ3v) is 4.92. The van der Waals surface area contributed by atoms with Gasteiger partial charge in [-0.3, -0.25) is 9.48 Å². The SMILES string of the molecule is CCn1cc(CC(=O)CC2CS(=O)(=O)CCN2)cn1. The van der Waals surface area contributed by atoms with Crippen molar-refractivity contribution in [3.05, 3.63) is 18.0 Å². The molecule has 106 valence electrons. The van der Waals surface area contributed by atoms with Crippen molar-refractivity contribution in [1.82, 2.24) is 15.1 Å². The van der Waals surface area contributed by atoms with Gasteiger partial charge in [0.25, 0.3) is 0 Å². The quantitative estimate of drug-likeness (QED) is 0.809. The maximum atomic E-state index is 11.9. The van der Waals surface area contributed by atoms with Gasteiger partial charge in [0.2, 0.25) is 0 Å². The summed E-state index contributed by atoms with van der Waals surface area (Å²) in [6.45, 7) is 3.19. The Kier molecular flexibility index (Phi) is 4.36. The number of Topliss-reactive ketones (excluding diaryl/α,β-unsaturated/α-hetero) is 1. The van der Waals surface area contributed by atoms with E-state index in [0.29, 0.717) is 13.0 Å². The molecule has 0 bridgehead atoms. The van der Waals surface area contributed by atoms with Crippen LogP contribution in [0.3, 0.4) is 0 Å². The molecule has 1 atom stereocenters. The van der Waals surface area contributed by atoms with Crippen molar-refractivity contribution in [3.63, 3.8) is 0 Å². The van der Waals surface area contributed by atoms with Crippen LogP contribution in [0.15, 0.2) is 12.4 Å². The fourth-order valence-corrected chi connectivity index (χ4v) is 3.69. The van der Waals surface area contributed by atoms with Gasteiger partial charge in [-0.2, -0.15) is 5.10 Å². The third-order valence-electron chi connectivity index (χ3n) is 3.19. The molecule has 1 N–H and O–H groups in total. The minimum Gasteiger partial charge on any atom is -0.312 e. The monoisotopic (exact) mass is 285 g/mol. The summed E-state index contributed by atoms with van der Waals surface area (Å²) in [5, 5.41) is 7.20. The van der Waals surface area contributed by atoms with Crippen LogP contribution in [0.2, 0.25) is 0 Å². The number of nitrogens with one attached hydrogen (secondary N) is 1. The number of aromatic nitrogens is 2. The van der Waals surface area contributed by atoms with Gasteiger partial charge in [-0.25, -0.2) is 8.42 Å². The Hall–Kier alpha value is -1.21.